The summed E-state index contributed by atoms with van der Waals surface area (Å²) in [6.07, 6.45) is 3.22. The number of ether oxygens (including phenoxy) is 1. The van der Waals surface area contributed by atoms with Crippen molar-refractivity contribution in [1.29, 1.82) is 0 Å². The number of imidazole rings is 1. The molecule has 7 nitrogen and oxygen atoms in total. The summed E-state index contributed by atoms with van der Waals surface area (Å²) in [7, 11) is 0. The second-order valence-electron chi connectivity index (χ2n) is 5.58. The Kier molecular flexibility index (Phi) is 3.95. The van der Waals surface area contributed by atoms with Gasteiger partial charge in [0.15, 0.2) is 0 Å². The van der Waals surface area contributed by atoms with Crippen molar-refractivity contribution in [2.75, 3.05) is 5.32 Å². The molecule has 0 spiro atoms. The zero-order valence-electron chi connectivity index (χ0n) is 13.5. The number of hydrogen-bond acceptors (Lipinski definition) is 4. The first-order valence-corrected chi connectivity index (χ1v) is 7.89. The van der Waals surface area contributed by atoms with Gasteiger partial charge in [-0.3, -0.25) is 9.78 Å². The van der Waals surface area contributed by atoms with Gasteiger partial charge in [0.1, 0.15) is 11.5 Å². The van der Waals surface area contributed by atoms with Crippen molar-refractivity contribution >= 4 is 22.6 Å². The number of pyridine rings is 1. The molecule has 2 aromatic carbocycles. The van der Waals surface area contributed by atoms with Gasteiger partial charge in [-0.1, -0.05) is 12.1 Å². The Morgan fingerprint density at radius 3 is 2.69 bits per heavy atom. The minimum absolute atomic E-state index is 0.293. The summed E-state index contributed by atoms with van der Waals surface area (Å²) in [5.74, 6) is 0.648. The standard InChI is InChI=1S/C19H14N4O3/c24-18(21-12-7-8-15-16(10-12)23-19(25)22-15)14-5-1-2-6-17(14)26-13-4-3-9-20-11-13/h1-11H,(H,21,24)(H2,22,23,25). The minimum atomic E-state index is -0.318. The van der Waals surface area contributed by atoms with Crippen LogP contribution < -0.4 is 15.7 Å². The molecule has 2 aromatic heterocycles. The van der Waals surface area contributed by atoms with Crippen LogP contribution in [0.1, 0.15) is 10.4 Å². The molecule has 7 heteroatoms. The van der Waals surface area contributed by atoms with Gasteiger partial charge in [-0.2, -0.15) is 0 Å². The molecule has 0 saturated heterocycles. The maximum Gasteiger partial charge on any atom is 0.323 e. The van der Waals surface area contributed by atoms with Crippen molar-refractivity contribution in [2.45, 2.75) is 0 Å². The third kappa shape index (κ3) is 3.18. The quantitative estimate of drug-likeness (QED) is 0.528. The van der Waals surface area contributed by atoms with Crippen LogP contribution in [-0.4, -0.2) is 20.9 Å². The number of nitrogens with zero attached hydrogens (tertiary/aromatic N) is 1. The van der Waals surface area contributed by atoms with E-state index < -0.39 is 0 Å². The van der Waals surface area contributed by atoms with E-state index >= 15 is 0 Å². The molecule has 0 unspecified atom stereocenters. The molecule has 128 valence electrons. The van der Waals surface area contributed by atoms with Crippen LogP contribution in [-0.2, 0) is 0 Å². The normalized spacial score (nSPS) is 10.6. The summed E-state index contributed by atoms with van der Waals surface area (Å²) in [6, 6.07) is 15.6. The lowest BCUT2D eigenvalue weighted by molar-refractivity contribution is 0.102. The fourth-order valence-corrected chi connectivity index (χ4v) is 2.59. The number of H-pyrrole nitrogens is 2. The smallest absolute Gasteiger partial charge is 0.323 e. The van der Waals surface area contributed by atoms with E-state index in [2.05, 4.69) is 20.3 Å². The number of rotatable bonds is 4. The molecule has 4 aromatic rings. The van der Waals surface area contributed by atoms with Crippen molar-refractivity contribution < 1.29 is 9.53 Å². The van der Waals surface area contributed by atoms with E-state index in [0.717, 1.165) is 0 Å². The highest BCUT2D eigenvalue weighted by atomic mass is 16.5. The lowest BCUT2D eigenvalue weighted by atomic mass is 10.1. The Bertz CT molecular complexity index is 1130. The van der Waals surface area contributed by atoms with Crippen LogP contribution >= 0.6 is 0 Å². The number of benzene rings is 2. The zero-order valence-corrected chi connectivity index (χ0v) is 13.5. The van der Waals surface area contributed by atoms with E-state index in [-0.39, 0.29) is 11.6 Å². The summed E-state index contributed by atoms with van der Waals surface area (Å²) in [6.45, 7) is 0. The van der Waals surface area contributed by atoms with Crippen molar-refractivity contribution in [3.05, 3.63) is 83.0 Å². The fourth-order valence-electron chi connectivity index (χ4n) is 2.59. The number of fused-ring (bicyclic) bond motifs is 1. The Labute approximate surface area is 147 Å². The van der Waals surface area contributed by atoms with E-state index in [9.17, 15) is 9.59 Å². The Morgan fingerprint density at radius 1 is 1.00 bits per heavy atom. The lowest BCUT2D eigenvalue weighted by Gasteiger charge is -2.11. The first kappa shape index (κ1) is 15.6. The number of aromatic nitrogens is 3. The Hall–Kier alpha value is -3.87. The minimum Gasteiger partial charge on any atom is -0.455 e. The number of amides is 1. The lowest BCUT2D eigenvalue weighted by Crippen LogP contribution is -2.13. The zero-order chi connectivity index (χ0) is 17.9. The molecule has 26 heavy (non-hydrogen) atoms. The SMILES string of the molecule is O=C(Nc1ccc2[nH]c(=O)[nH]c2c1)c1ccccc1Oc1cccnc1. The molecule has 4 rings (SSSR count). The molecule has 0 fully saturated rings. The molecule has 0 atom stereocenters. The second kappa shape index (κ2) is 6.56. The Morgan fingerprint density at radius 2 is 1.85 bits per heavy atom. The summed E-state index contributed by atoms with van der Waals surface area (Å²) >= 11 is 0. The molecule has 0 radical (unpaired) electrons. The second-order valence-corrected chi connectivity index (χ2v) is 5.58. The van der Waals surface area contributed by atoms with Gasteiger partial charge in [-0.15, -0.1) is 0 Å². The Balaban J connectivity index is 1.60. The van der Waals surface area contributed by atoms with Gasteiger partial charge >= 0.3 is 5.69 Å². The molecule has 0 aliphatic carbocycles. The molecular formula is C19H14N4O3. The van der Waals surface area contributed by atoms with Crippen molar-refractivity contribution in [2.24, 2.45) is 0 Å². The fraction of sp³-hybridized carbons (Fsp3) is 0. The van der Waals surface area contributed by atoms with Crippen LogP contribution in [0.25, 0.3) is 11.0 Å². The van der Waals surface area contributed by atoms with Crippen LogP contribution in [0, 0.1) is 0 Å². The molecular weight excluding hydrogens is 332 g/mol. The van der Waals surface area contributed by atoms with Crippen LogP contribution in [0.5, 0.6) is 11.5 Å². The molecule has 0 aliphatic rings. The summed E-state index contributed by atoms with van der Waals surface area (Å²) in [4.78, 5) is 33.3. The van der Waals surface area contributed by atoms with Crippen molar-refractivity contribution in [3.8, 4) is 11.5 Å². The van der Waals surface area contributed by atoms with Crippen LogP contribution in [0.15, 0.2) is 71.8 Å². The van der Waals surface area contributed by atoms with E-state index in [4.69, 9.17) is 4.74 Å². The van der Waals surface area contributed by atoms with Gasteiger partial charge in [0.25, 0.3) is 5.91 Å². The number of para-hydroxylation sites is 1. The van der Waals surface area contributed by atoms with Gasteiger partial charge < -0.3 is 20.0 Å². The first-order chi connectivity index (χ1) is 12.7. The topological polar surface area (TPSA) is 99.9 Å². The molecule has 0 saturated carbocycles. The summed E-state index contributed by atoms with van der Waals surface area (Å²) < 4.78 is 5.77. The summed E-state index contributed by atoms with van der Waals surface area (Å²) in [5.41, 5.74) is 1.95. The van der Waals surface area contributed by atoms with E-state index in [1.165, 1.54) is 0 Å². The third-order valence-electron chi connectivity index (χ3n) is 3.77. The highest BCUT2D eigenvalue weighted by Crippen LogP contribution is 2.25. The number of hydrogen-bond donors (Lipinski definition) is 3. The monoisotopic (exact) mass is 346 g/mol. The average molecular weight is 346 g/mol. The number of carbonyl (C=O) groups excluding carboxylic acids is 1. The van der Waals surface area contributed by atoms with E-state index in [0.29, 0.717) is 33.8 Å². The van der Waals surface area contributed by atoms with Crippen LogP contribution in [0.4, 0.5) is 5.69 Å². The van der Waals surface area contributed by atoms with Gasteiger partial charge in [0.2, 0.25) is 0 Å². The largest absolute Gasteiger partial charge is 0.455 e. The highest BCUT2D eigenvalue weighted by molar-refractivity contribution is 6.06. The number of aromatic amines is 2. The maximum absolute atomic E-state index is 12.7. The van der Waals surface area contributed by atoms with Crippen molar-refractivity contribution in [1.82, 2.24) is 15.0 Å². The maximum atomic E-state index is 12.7. The first-order valence-electron chi connectivity index (χ1n) is 7.89. The van der Waals surface area contributed by atoms with Gasteiger partial charge in [0, 0.05) is 11.9 Å². The van der Waals surface area contributed by atoms with Gasteiger partial charge in [-0.05, 0) is 42.5 Å². The number of nitrogens with one attached hydrogen (secondary N) is 3. The highest BCUT2D eigenvalue weighted by Gasteiger charge is 2.13. The summed E-state index contributed by atoms with van der Waals surface area (Å²) in [5, 5.41) is 2.82. The van der Waals surface area contributed by atoms with Crippen LogP contribution in [0.3, 0.4) is 0 Å². The number of anilines is 1. The predicted molar refractivity (Wildman–Crippen MR) is 97.6 cm³/mol. The molecule has 0 bridgehead atoms. The van der Waals surface area contributed by atoms with Gasteiger partial charge in [-0.25, -0.2) is 4.79 Å². The van der Waals surface area contributed by atoms with E-state index in [1.807, 2.05) is 0 Å². The average Bonchev–Trinajstić information content (AvgIpc) is 3.02. The molecule has 2 heterocycles. The van der Waals surface area contributed by atoms with E-state index in [1.54, 1.807) is 67.0 Å². The molecule has 1 amide bonds. The predicted octanol–water partition coefficient (Wildman–Crippen LogP) is 3.30. The number of carbonyl (C=O) groups is 1. The molecule has 3 N–H and O–H groups in total. The van der Waals surface area contributed by atoms with Crippen LogP contribution in [0.2, 0.25) is 0 Å². The third-order valence-corrected chi connectivity index (χ3v) is 3.77. The van der Waals surface area contributed by atoms with Crippen molar-refractivity contribution in [3.63, 3.8) is 0 Å². The van der Waals surface area contributed by atoms with Gasteiger partial charge in [0.05, 0.1) is 22.8 Å². The molecule has 0 aliphatic heterocycles.